The molecule has 2 unspecified atom stereocenters. The van der Waals surface area contributed by atoms with Gasteiger partial charge in [-0.25, -0.2) is 0 Å². The molecule has 1 aliphatic heterocycles. The molecule has 72 valence electrons. The molecule has 1 saturated heterocycles. The smallest absolute Gasteiger partial charge is 0.00767 e. The molecule has 0 aromatic heterocycles. The molecule has 12 heavy (non-hydrogen) atoms. The van der Waals surface area contributed by atoms with Crippen LogP contribution in [0.4, 0.5) is 0 Å². The Morgan fingerprint density at radius 1 is 1.50 bits per heavy atom. The number of hydrogen-bond donors (Lipinski definition) is 1. The molecule has 1 heterocycles. The van der Waals surface area contributed by atoms with Crippen LogP contribution in [0.15, 0.2) is 0 Å². The highest BCUT2D eigenvalue weighted by molar-refractivity contribution is 4.79. The molecular formula is C10H22N2. The Morgan fingerprint density at radius 2 is 2.25 bits per heavy atom. The molecular weight excluding hydrogens is 148 g/mol. The van der Waals surface area contributed by atoms with Crippen LogP contribution in [0.25, 0.3) is 0 Å². The van der Waals surface area contributed by atoms with Crippen molar-refractivity contribution in [2.75, 3.05) is 19.6 Å². The third-order valence-electron chi connectivity index (χ3n) is 3.07. The topological polar surface area (TPSA) is 29.3 Å². The van der Waals surface area contributed by atoms with Crippen LogP contribution in [0.5, 0.6) is 0 Å². The van der Waals surface area contributed by atoms with Crippen LogP contribution < -0.4 is 5.73 Å². The number of likely N-dealkylation sites (tertiary alicyclic amines) is 1. The lowest BCUT2D eigenvalue weighted by molar-refractivity contribution is 0.163. The average molecular weight is 170 g/mol. The van der Waals surface area contributed by atoms with E-state index in [4.69, 9.17) is 5.73 Å². The lowest BCUT2D eigenvalue weighted by Gasteiger charge is -2.34. The van der Waals surface area contributed by atoms with E-state index < -0.39 is 0 Å². The zero-order valence-electron chi connectivity index (χ0n) is 8.42. The van der Waals surface area contributed by atoms with E-state index in [0.29, 0.717) is 6.04 Å². The van der Waals surface area contributed by atoms with Gasteiger partial charge in [-0.2, -0.15) is 0 Å². The molecule has 2 nitrogen and oxygen atoms in total. The summed E-state index contributed by atoms with van der Waals surface area (Å²) < 4.78 is 0. The minimum absolute atomic E-state index is 0.430. The first-order valence-electron chi connectivity index (χ1n) is 5.25. The van der Waals surface area contributed by atoms with Crippen molar-refractivity contribution >= 4 is 0 Å². The van der Waals surface area contributed by atoms with E-state index in [1.807, 2.05) is 0 Å². The standard InChI is InChI=1S/C10H22N2/c1-3-10(11)9-6-5-7-12(4-2)8-9/h9-10H,3-8,11H2,1-2H3. The Bertz CT molecular complexity index is 123. The van der Waals surface area contributed by atoms with Crippen LogP contribution in [-0.2, 0) is 0 Å². The first-order valence-corrected chi connectivity index (χ1v) is 5.25. The summed E-state index contributed by atoms with van der Waals surface area (Å²) in [5, 5.41) is 0. The summed E-state index contributed by atoms with van der Waals surface area (Å²) in [4.78, 5) is 2.52. The summed E-state index contributed by atoms with van der Waals surface area (Å²) in [6, 6.07) is 0.430. The summed E-state index contributed by atoms with van der Waals surface area (Å²) in [6.45, 7) is 8.12. The summed E-state index contributed by atoms with van der Waals surface area (Å²) in [5.74, 6) is 0.753. The third-order valence-corrected chi connectivity index (χ3v) is 3.07. The Labute approximate surface area is 76.1 Å². The van der Waals surface area contributed by atoms with Crippen LogP contribution in [0, 0.1) is 5.92 Å². The highest BCUT2D eigenvalue weighted by Crippen LogP contribution is 2.19. The van der Waals surface area contributed by atoms with E-state index in [-0.39, 0.29) is 0 Å². The molecule has 0 amide bonds. The molecule has 0 spiro atoms. The van der Waals surface area contributed by atoms with Crippen LogP contribution >= 0.6 is 0 Å². The van der Waals surface area contributed by atoms with Gasteiger partial charge in [0.2, 0.25) is 0 Å². The molecule has 1 aliphatic rings. The lowest BCUT2D eigenvalue weighted by Crippen LogP contribution is -2.43. The van der Waals surface area contributed by atoms with Crippen molar-refractivity contribution in [3.05, 3.63) is 0 Å². The number of nitrogens with zero attached hydrogens (tertiary/aromatic N) is 1. The summed E-state index contributed by atoms with van der Waals surface area (Å²) in [6.07, 6.45) is 3.81. The zero-order chi connectivity index (χ0) is 8.97. The van der Waals surface area contributed by atoms with E-state index in [9.17, 15) is 0 Å². The van der Waals surface area contributed by atoms with E-state index in [0.717, 1.165) is 12.3 Å². The first kappa shape index (κ1) is 10.0. The van der Waals surface area contributed by atoms with Gasteiger partial charge < -0.3 is 10.6 Å². The molecule has 2 heteroatoms. The molecule has 2 atom stereocenters. The van der Waals surface area contributed by atoms with Gasteiger partial charge in [0.1, 0.15) is 0 Å². The van der Waals surface area contributed by atoms with E-state index in [2.05, 4.69) is 18.7 Å². The molecule has 0 aromatic carbocycles. The van der Waals surface area contributed by atoms with Gasteiger partial charge in [-0.3, -0.25) is 0 Å². The average Bonchev–Trinajstić information content (AvgIpc) is 2.17. The number of rotatable bonds is 3. The maximum Gasteiger partial charge on any atom is 0.00767 e. The highest BCUT2D eigenvalue weighted by atomic mass is 15.1. The molecule has 1 rings (SSSR count). The van der Waals surface area contributed by atoms with Gasteiger partial charge >= 0.3 is 0 Å². The third kappa shape index (κ3) is 2.46. The SMILES string of the molecule is CCC(N)C1CCCN(CC)C1. The van der Waals surface area contributed by atoms with Gasteiger partial charge in [0, 0.05) is 12.6 Å². The Hall–Kier alpha value is -0.0800. The van der Waals surface area contributed by atoms with Gasteiger partial charge in [0.15, 0.2) is 0 Å². The predicted octanol–water partition coefficient (Wildman–Crippen LogP) is 1.46. The van der Waals surface area contributed by atoms with Gasteiger partial charge in [0.25, 0.3) is 0 Å². The van der Waals surface area contributed by atoms with Crippen molar-refractivity contribution in [2.45, 2.75) is 39.2 Å². The van der Waals surface area contributed by atoms with E-state index in [1.54, 1.807) is 0 Å². The predicted molar refractivity (Wildman–Crippen MR) is 53.1 cm³/mol. The molecule has 2 N–H and O–H groups in total. The fourth-order valence-electron chi connectivity index (χ4n) is 2.06. The second-order valence-corrected chi connectivity index (χ2v) is 3.87. The van der Waals surface area contributed by atoms with Gasteiger partial charge in [-0.05, 0) is 38.3 Å². The monoisotopic (exact) mass is 170 g/mol. The van der Waals surface area contributed by atoms with Gasteiger partial charge in [-0.15, -0.1) is 0 Å². The first-order chi connectivity index (χ1) is 5.77. The van der Waals surface area contributed by atoms with Crippen molar-refractivity contribution < 1.29 is 0 Å². The van der Waals surface area contributed by atoms with Gasteiger partial charge in [0.05, 0.1) is 0 Å². The number of piperidine rings is 1. The van der Waals surface area contributed by atoms with Gasteiger partial charge in [-0.1, -0.05) is 13.8 Å². The van der Waals surface area contributed by atoms with Crippen molar-refractivity contribution in [3.63, 3.8) is 0 Å². The molecule has 0 aromatic rings. The second kappa shape index (κ2) is 4.83. The quantitative estimate of drug-likeness (QED) is 0.694. The fraction of sp³-hybridized carbons (Fsp3) is 1.00. The highest BCUT2D eigenvalue weighted by Gasteiger charge is 2.22. The van der Waals surface area contributed by atoms with Crippen LogP contribution in [0.3, 0.4) is 0 Å². The number of nitrogens with two attached hydrogens (primary N) is 1. The molecule has 1 fully saturated rings. The van der Waals surface area contributed by atoms with Crippen LogP contribution in [0.2, 0.25) is 0 Å². The maximum absolute atomic E-state index is 6.04. The van der Waals surface area contributed by atoms with E-state index >= 15 is 0 Å². The molecule has 0 saturated carbocycles. The fourth-order valence-corrected chi connectivity index (χ4v) is 2.06. The van der Waals surface area contributed by atoms with Crippen molar-refractivity contribution in [3.8, 4) is 0 Å². The minimum Gasteiger partial charge on any atom is -0.327 e. The van der Waals surface area contributed by atoms with Crippen molar-refractivity contribution in [2.24, 2.45) is 11.7 Å². The van der Waals surface area contributed by atoms with Crippen molar-refractivity contribution in [1.29, 1.82) is 0 Å². The largest absolute Gasteiger partial charge is 0.327 e. The zero-order valence-corrected chi connectivity index (χ0v) is 8.42. The van der Waals surface area contributed by atoms with Crippen LogP contribution in [0.1, 0.15) is 33.1 Å². The van der Waals surface area contributed by atoms with E-state index in [1.165, 1.54) is 32.5 Å². The molecule has 0 bridgehead atoms. The minimum atomic E-state index is 0.430. The Morgan fingerprint density at radius 3 is 2.83 bits per heavy atom. The number of hydrogen-bond acceptors (Lipinski definition) is 2. The summed E-state index contributed by atoms with van der Waals surface area (Å²) in [7, 11) is 0. The maximum atomic E-state index is 6.04. The Kier molecular flexibility index (Phi) is 4.02. The second-order valence-electron chi connectivity index (χ2n) is 3.87. The summed E-state index contributed by atoms with van der Waals surface area (Å²) in [5.41, 5.74) is 6.04. The normalized spacial score (nSPS) is 28.8. The van der Waals surface area contributed by atoms with Crippen LogP contribution in [-0.4, -0.2) is 30.6 Å². The molecule has 0 radical (unpaired) electrons. The lowest BCUT2D eigenvalue weighted by atomic mass is 9.90. The summed E-state index contributed by atoms with van der Waals surface area (Å²) >= 11 is 0. The molecule has 0 aliphatic carbocycles. The Balaban J connectivity index is 2.34. The van der Waals surface area contributed by atoms with Crippen molar-refractivity contribution in [1.82, 2.24) is 4.90 Å².